The highest BCUT2D eigenvalue weighted by molar-refractivity contribution is 7.89. The maximum absolute atomic E-state index is 12.9. The van der Waals surface area contributed by atoms with Crippen LogP contribution in [0.4, 0.5) is 0 Å². The van der Waals surface area contributed by atoms with Crippen LogP contribution in [0.5, 0.6) is 0 Å². The molecule has 9 heteroatoms. The lowest BCUT2D eigenvalue weighted by Gasteiger charge is -2.17. The molecule has 2 heterocycles. The lowest BCUT2D eigenvalue weighted by atomic mass is 10.2. The Hall–Kier alpha value is -2.49. The Morgan fingerprint density at radius 2 is 1.89 bits per heavy atom. The largest absolute Gasteiger partial charge is 0.477 e. The molecule has 2 aromatic heterocycles. The molecule has 0 aliphatic carbocycles. The Bertz CT molecular complexity index is 1090. The van der Waals surface area contributed by atoms with E-state index in [1.807, 2.05) is 44.2 Å². The standard InChI is InChI=1S/C18H19N3O4S2/c1-12-15(13(2)21(19-12)14-7-5-4-6-8-14)11-20(3)27(24,25)16-9-10-26-17(16)18(22)23/h4-10H,11H2,1-3H3,(H,22,23). The number of carbonyl (C=O) groups is 1. The van der Waals surface area contributed by atoms with E-state index < -0.39 is 16.0 Å². The Balaban J connectivity index is 1.95. The van der Waals surface area contributed by atoms with E-state index in [4.69, 9.17) is 0 Å². The van der Waals surface area contributed by atoms with E-state index in [2.05, 4.69) is 5.10 Å². The molecule has 0 aliphatic heterocycles. The van der Waals surface area contributed by atoms with Gasteiger partial charge in [-0.05, 0) is 37.4 Å². The first-order valence-electron chi connectivity index (χ1n) is 8.11. The predicted molar refractivity (Wildman–Crippen MR) is 103 cm³/mol. The zero-order valence-corrected chi connectivity index (χ0v) is 16.7. The molecule has 0 atom stereocenters. The second-order valence-corrected chi connectivity index (χ2v) is 9.01. The number of aromatic carboxylic acids is 1. The van der Waals surface area contributed by atoms with Gasteiger partial charge < -0.3 is 5.11 Å². The minimum atomic E-state index is -3.93. The molecule has 1 N–H and O–H groups in total. The van der Waals surface area contributed by atoms with E-state index in [-0.39, 0.29) is 16.3 Å². The van der Waals surface area contributed by atoms with Crippen LogP contribution in [0.2, 0.25) is 0 Å². The SMILES string of the molecule is Cc1nn(-c2ccccc2)c(C)c1CN(C)S(=O)(=O)c1ccsc1C(=O)O. The second-order valence-electron chi connectivity index (χ2n) is 6.08. The van der Waals surface area contributed by atoms with Crippen molar-refractivity contribution in [2.24, 2.45) is 0 Å². The molecule has 142 valence electrons. The zero-order chi connectivity index (χ0) is 19.8. The molecule has 0 bridgehead atoms. The van der Waals surface area contributed by atoms with Gasteiger partial charge in [-0.1, -0.05) is 18.2 Å². The van der Waals surface area contributed by atoms with E-state index in [1.165, 1.54) is 18.5 Å². The third-order valence-electron chi connectivity index (χ3n) is 4.33. The summed E-state index contributed by atoms with van der Waals surface area (Å²) < 4.78 is 28.7. The van der Waals surface area contributed by atoms with Crippen LogP contribution in [0.1, 0.15) is 26.6 Å². The number of hydrogen-bond acceptors (Lipinski definition) is 5. The number of thiophene rings is 1. The van der Waals surface area contributed by atoms with Crippen molar-refractivity contribution in [2.75, 3.05) is 7.05 Å². The van der Waals surface area contributed by atoms with Crippen molar-refractivity contribution >= 4 is 27.3 Å². The fraction of sp³-hybridized carbons (Fsp3) is 0.222. The normalized spacial score (nSPS) is 11.9. The molecule has 0 amide bonds. The molecule has 3 rings (SSSR count). The van der Waals surface area contributed by atoms with Gasteiger partial charge in [0.05, 0.1) is 11.4 Å². The Morgan fingerprint density at radius 1 is 1.22 bits per heavy atom. The van der Waals surface area contributed by atoms with Crippen LogP contribution >= 0.6 is 11.3 Å². The van der Waals surface area contributed by atoms with Gasteiger partial charge in [0.1, 0.15) is 9.77 Å². The molecule has 7 nitrogen and oxygen atoms in total. The fourth-order valence-corrected chi connectivity index (χ4v) is 5.22. The summed E-state index contributed by atoms with van der Waals surface area (Å²) in [5, 5.41) is 15.2. The zero-order valence-electron chi connectivity index (χ0n) is 15.1. The van der Waals surface area contributed by atoms with Gasteiger partial charge in [0.2, 0.25) is 10.0 Å². The molecule has 27 heavy (non-hydrogen) atoms. The molecule has 0 saturated carbocycles. The highest BCUT2D eigenvalue weighted by atomic mass is 32.2. The van der Waals surface area contributed by atoms with Crippen LogP contribution in [0, 0.1) is 13.8 Å². The first-order chi connectivity index (χ1) is 12.7. The van der Waals surface area contributed by atoms with E-state index >= 15 is 0 Å². The highest BCUT2D eigenvalue weighted by Gasteiger charge is 2.29. The summed E-state index contributed by atoms with van der Waals surface area (Å²) in [5.74, 6) is -1.25. The third kappa shape index (κ3) is 3.53. The van der Waals surface area contributed by atoms with Gasteiger partial charge in [0, 0.05) is 24.8 Å². The summed E-state index contributed by atoms with van der Waals surface area (Å²) in [5.41, 5.74) is 3.24. The number of benzene rings is 1. The van der Waals surface area contributed by atoms with Crippen LogP contribution in [0.15, 0.2) is 46.7 Å². The molecule has 0 aliphatic rings. The lowest BCUT2D eigenvalue weighted by molar-refractivity contribution is 0.0698. The molecule has 0 spiro atoms. The summed E-state index contributed by atoms with van der Waals surface area (Å²) >= 11 is 0.894. The smallest absolute Gasteiger partial charge is 0.347 e. The average molecular weight is 406 g/mol. The number of carboxylic acid groups (broad SMARTS) is 1. The predicted octanol–water partition coefficient (Wildman–Crippen LogP) is 3.07. The molecule has 1 aromatic carbocycles. The van der Waals surface area contributed by atoms with Crippen molar-refractivity contribution in [3.63, 3.8) is 0 Å². The van der Waals surface area contributed by atoms with Crippen LogP contribution in [0.25, 0.3) is 5.69 Å². The van der Waals surface area contributed by atoms with Crippen LogP contribution in [-0.2, 0) is 16.6 Å². The summed E-state index contributed by atoms with van der Waals surface area (Å²) in [6.45, 7) is 3.81. The molecular weight excluding hydrogens is 386 g/mol. The van der Waals surface area contributed by atoms with Crippen LogP contribution < -0.4 is 0 Å². The summed E-state index contributed by atoms with van der Waals surface area (Å²) in [4.78, 5) is 10.9. The monoisotopic (exact) mass is 405 g/mol. The Kier molecular flexibility index (Phi) is 5.18. The van der Waals surface area contributed by atoms with Gasteiger partial charge >= 0.3 is 5.97 Å². The van der Waals surface area contributed by atoms with Crippen molar-refractivity contribution in [1.82, 2.24) is 14.1 Å². The Morgan fingerprint density at radius 3 is 2.52 bits per heavy atom. The van der Waals surface area contributed by atoms with E-state index in [9.17, 15) is 18.3 Å². The first-order valence-corrected chi connectivity index (χ1v) is 10.4. The topological polar surface area (TPSA) is 92.5 Å². The Labute approximate surface area is 161 Å². The fourth-order valence-electron chi connectivity index (χ4n) is 2.86. The maximum atomic E-state index is 12.9. The van der Waals surface area contributed by atoms with Crippen LogP contribution in [0.3, 0.4) is 0 Å². The second kappa shape index (κ2) is 7.26. The number of nitrogens with zero attached hydrogens (tertiary/aromatic N) is 3. The number of aryl methyl sites for hydroxylation is 1. The van der Waals surface area contributed by atoms with Crippen molar-refractivity contribution in [3.05, 3.63) is 63.6 Å². The van der Waals surface area contributed by atoms with Crippen molar-refractivity contribution in [2.45, 2.75) is 25.3 Å². The number of rotatable bonds is 6. The average Bonchev–Trinajstić information content (AvgIpc) is 3.23. The highest BCUT2D eigenvalue weighted by Crippen LogP contribution is 2.27. The van der Waals surface area contributed by atoms with Gasteiger partial charge in [-0.3, -0.25) is 0 Å². The number of hydrogen-bond donors (Lipinski definition) is 1. The van der Waals surface area contributed by atoms with Gasteiger partial charge in [-0.25, -0.2) is 17.9 Å². The quantitative estimate of drug-likeness (QED) is 0.680. The summed E-state index contributed by atoms with van der Waals surface area (Å²) in [6.07, 6.45) is 0. The van der Waals surface area contributed by atoms with Crippen molar-refractivity contribution in [1.29, 1.82) is 0 Å². The van der Waals surface area contributed by atoms with E-state index in [1.54, 1.807) is 4.68 Å². The summed E-state index contributed by atoms with van der Waals surface area (Å²) in [7, 11) is -2.49. The van der Waals surface area contributed by atoms with E-state index in [0.717, 1.165) is 38.3 Å². The van der Waals surface area contributed by atoms with Gasteiger partial charge in [-0.15, -0.1) is 11.3 Å². The van der Waals surface area contributed by atoms with Gasteiger partial charge in [0.15, 0.2) is 0 Å². The number of carboxylic acids is 1. The molecule has 0 radical (unpaired) electrons. The molecule has 0 fully saturated rings. The first kappa shape index (κ1) is 19.3. The minimum Gasteiger partial charge on any atom is -0.477 e. The lowest BCUT2D eigenvalue weighted by Crippen LogP contribution is -2.27. The van der Waals surface area contributed by atoms with Crippen LogP contribution in [-0.4, -0.2) is 40.6 Å². The summed E-state index contributed by atoms with van der Waals surface area (Å²) in [6, 6.07) is 10.9. The van der Waals surface area contributed by atoms with Crippen molar-refractivity contribution in [3.8, 4) is 5.69 Å². The molecular formula is C18H19N3O4S2. The van der Waals surface area contributed by atoms with Gasteiger partial charge in [0.25, 0.3) is 0 Å². The molecule has 0 unspecified atom stereocenters. The number of para-hydroxylation sites is 1. The number of aromatic nitrogens is 2. The van der Waals surface area contributed by atoms with E-state index in [0.29, 0.717) is 0 Å². The van der Waals surface area contributed by atoms with Crippen molar-refractivity contribution < 1.29 is 18.3 Å². The minimum absolute atomic E-state index is 0.0989. The number of sulfonamides is 1. The van der Waals surface area contributed by atoms with Gasteiger partial charge in [-0.2, -0.15) is 9.40 Å². The molecule has 0 saturated heterocycles. The third-order valence-corrected chi connectivity index (χ3v) is 7.21. The maximum Gasteiger partial charge on any atom is 0.347 e. The molecule has 3 aromatic rings.